The van der Waals surface area contributed by atoms with E-state index in [-0.39, 0.29) is 0 Å². The minimum absolute atomic E-state index is 0.420. The number of carbonyl (C=O) groups excluding carboxylic acids is 1. The summed E-state index contributed by atoms with van der Waals surface area (Å²) in [4.78, 5) is 11.7. The molecule has 0 spiro atoms. The first-order valence-electron chi connectivity index (χ1n) is 5.73. The number of ketones is 1. The molecule has 3 rings (SSSR count). The number of allylic oxidation sites excluding steroid dienone is 1. The van der Waals surface area contributed by atoms with E-state index < -0.39 is 0 Å². The van der Waals surface area contributed by atoms with Crippen LogP contribution in [0.1, 0.15) is 33.1 Å². The molecule has 0 radical (unpaired) electrons. The molecule has 0 aromatic heterocycles. The molecular formula is C13H18O. The van der Waals surface area contributed by atoms with Gasteiger partial charge in [0, 0.05) is 12.3 Å². The van der Waals surface area contributed by atoms with Crippen LogP contribution in [0.2, 0.25) is 0 Å². The Labute approximate surface area is 85.6 Å². The van der Waals surface area contributed by atoms with Crippen molar-refractivity contribution < 1.29 is 4.79 Å². The number of carbonyl (C=O) groups is 1. The monoisotopic (exact) mass is 190 g/mol. The van der Waals surface area contributed by atoms with Crippen LogP contribution in [0.4, 0.5) is 0 Å². The van der Waals surface area contributed by atoms with E-state index in [1.54, 1.807) is 0 Å². The predicted octanol–water partition coefficient (Wildman–Crippen LogP) is 2.81. The third-order valence-electron chi connectivity index (χ3n) is 5.24. The molecule has 5 atom stereocenters. The molecule has 0 amide bonds. The van der Waals surface area contributed by atoms with Crippen LogP contribution in [0.15, 0.2) is 12.2 Å². The van der Waals surface area contributed by atoms with Crippen molar-refractivity contribution in [1.29, 1.82) is 0 Å². The fourth-order valence-electron chi connectivity index (χ4n) is 4.22. The normalized spacial score (nSPS) is 54.3. The van der Waals surface area contributed by atoms with Crippen LogP contribution >= 0.6 is 0 Å². The molecule has 1 heteroatoms. The summed E-state index contributed by atoms with van der Waals surface area (Å²) in [5, 5.41) is 0. The van der Waals surface area contributed by atoms with Gasteiger partial charge in [-0.15, -0.1) is 0 Å². The van der Waals surface area contributed by atoms with Gasteiger partial charge in [-0.05, 0) is 42.9 Å². The smallest absolute Gasteiger partial charge is 0.137 e. The Hall–Kier alpha value is -0.590. The van der Waals surface area contributed by atoms with Crippen molar-refractivity contribution in [3.63, 3.8) is 0 Å². The predicted molar refractivity (Wildman–Crippen MR) is 55.7 cm³/mol. The standard InChI is InChI=1S/C13H18O/c1-7(2)8-4-9-6-11(14)12-10(5-8)13(9,12)3/h8-10,12H,1,4-6H2,2-3H3/t8-,9-,10?,12?,13+/m1/s1. The Bertz CT molecular complexity index is 330. The summed E-state index contributed by atoms with van der Waals surface area (Å²) in [5.74, 6) is 3.10. The van der Waals surface area contributed by atoms with Crippen molar-refractivity contribution >= 4 is 5.78 Å². The van der Waals surface area contributed by atoms with Crippen LogP contribution in [-0.2, 0) is 4.79 Å². The maximum atomic E-state index is 11.7. The highest BCUT2D eigenvalue weighted by Crippen LogP contribution is 2.75. The summed E-state index contributed by atoms with van der Waals surface area (Å²) in [6, 6.07) is 0. The van der Waals surface area contributed by atoms with Gasteiger partial charge in [0.05, 0.1) is 0 Å². The minimum Gasteiger partial charge on any atom is -0.299 e. The van der Waals surface area contributed by atoms with Gasteiger partial charge in [-0.25, -0.2) is 0 Å². The molecule has 0 bridgehead atoms. The van der Waals surface area contributed by atoms with Crippen LogP contribution in [-0.4, -0.2) is 5.78 Å². The lowest BCUT2D eigenvalue weighted by molar-refractivity contribution is -0.120. The number of rotatable bonds is 1. The summed E-state index contributed by atoms with van der Waals surface area (Å²) in [6.45, 7) is 8.56. The van der Waals surface area contributed by atoms with Crippen molar-refractivity contribution in [2.75, 3.05) is 0 Å². The highest BCUT2D eigenvalue weighted by Gasteiger charge is 2.73. The first-order chi connectivity index (χ1) is 6.55. The van der Waals surface area contributed by atoms with Gasteiger partial charge in [0.25, 0.3) is 0 Å². The van der Waals surface area contributed by atoms with E-state index in [0.29, 0.717) is 34.9 Å². The zero-order chi connectivity index (χ0) is 10.1. The molecule has 0 heterocycles. The van der Waals surface area contributed by atoms with Gasteiger partial charge >= 0.3 is 0 Å². The second kappa shape index (κ2) is 2.32. The van der Waals surface area contributed by atoms with E-state index in [1.807, 2.05) is 0 Å². The Morgan fingerprint density at radius 2 is 2.21 bits per heavy atom. The van der Waals surface area contributed by atoms with Gasteiger partial charge in [-0.2, -0.15) is 0 Å². The summed E-state index contributed by atoms with van der Waals surface area (Å²) in [6.07, 6.45) is 3.32. The van der Waals surface area contributed by atoms with Gasteiger partial charge in [-0.1, -0.05) is 19.1 Å². The molecule has 1 nitrogen and oxygen atoms in total. The zero-order valence-electron chi connectivity index (χ0n) is 9.05. The summed E-state index contributed by atoms with van der Waals surface area (Å²) in [5.41, 5.74) is 1.75. The summed E-state index contributed by atoms with van der Waals surface area (Å²) < 4.78 is 0. The second-order valence-corrected chi connectivity index (χ2v) is 5.83. The van der Waals surface area contributed by atoms with Gasteiger partial charge in [-0.3, -0.25) is 4.79 Å². The molecule has 0 saturated heterocycles. The van der Waals surface area contributed by atoms with Crippen LogP contribution in [0, 0.1) is 29.1 Å². The molecule has 0 aromatic carbocycles. The van der Waals surface area contributed by atoms with Crippen molar-refractivity contribution in [2.24, 2.45) is 29.1 Å². The van der Waals surface area contributed by atoms with E-state index in [1.165, 1.54) is 18.4 Å². The van der Waals surface area contributed by atoms with Crippen molar-refractivity contribution in [1.82, 2.24) is 0 Å². The molecule has 14 heavy (non-hydrogen) atoms. The van der Waals surface area contributed by atoms with E-state index in [2.05, 4.69) is 20.4 Å². The number of fused-ring (bicyclic) bond motifs is 1. The molecule has 3 aliphatic rings. The average molecular weight is 190 g/mol. The maximum Gasteiger partial charge on any atom is 0.137 e. The third-order valence-corrected chi connectivity index (χ3v) is 5.24. The molecule has 0 aliphatic heterocycles. The third kappa shape index (κ3) is 0.796. The molecular weight excluding hydrogens is 172 g/mol. The quantitative estimate of drug-likeness (QED) is 0.581. The molecule has 3 fully saturated rings. The van der Waals surface area contributed by atoms with Crippen molar-refractivity contribution in [3.05, 3.63) is 12.2 Å². The van der Waals surface area contributed by atoms with E-state index in [0.717, 1.165) is 6.42 Å². The van der Waals surface area contributed by atoms with E-state index in [9.17, 15) is 4.79 Å². The number of Topliss-reactive ketones (excluding diaryl/α,β-unsaturated/α-hetero) is 1. The lowest BCUT2D eigenvalue weighted by Crippen LogP contribution is -2.25. The first kappa shape index (κ1) is 8.70. The van der Waals surface area contributed by atoms with Crippen molar-refractivity contribution in [2.45, 2.75) is 33.1 Å². The number of hydrogen-bond acceptors (Lipinski definition) is 1. The fourth-order valence-corrected chi connectivity index (χ4v) is 4.22. The van der Waals surface area contributed by atoms with Crippen LogP contribution in [0.25, 0.3) is 0 Å². The lowest BCUT2D eigenvalue weighted by atomic mass is 9.72. The zero-order valence-corrected chi connectivity index (χ0v) is 9.05. The van der Waals surface area contributed by atoms with Gasteiger partial charge in [0.2, 0.25) is 0 Å². The topological polar surface area (TPSA) is 17.1 Å². The molecule has 0 aromatic rings. The fraction of sp³-hybridized carbons (Fsp3) is 0.769. The lowest BCUT2D eigenvalue weighted by Gasteiger charge is -2.32. The van der Waals surface area contributed by atoms with Gasteiger partial charge in [0.15, 0.2) is 0 Å². The molecule has 3 aliphatic carbocycles. The van der Waals surface area contributed by atoms with Crippen LogP contribution in [0.5, 0.6) is 0 Å². The van der Waals surface area contributed by atoms with Gasteiger partial charge in [0.1, 0.15) is 5.78 Å². The Balaban J connectivity index is 1.88. The highest BCUT2D eigenvalue weighted by atomic mass is 16.1. The average Bonchev–Trinajstić information content (AvgIpc) is 2.59. The SMILES string of the molecule is C=C(C)[C@H]1CC2C3C(=O)C[C@@H](C1)[C@@]23C. The largest absolute Gasteiger partial charge is 0.299 e. The molecule has 76 valence electrons. The summed E-state index contributed by atoms with van der Waals surface area (Å²) in [7, 11) is 0. The van der Waals surface area contributed by atoms with Crippen molar-refractivity contribution in [3.8, 4) is 0 Å². The highest BCUT2D eigenvalue weighted by molar-refractivity contribution is 5.89. The Morgan fingerprint density at radius 3 is 2.79 bits per heavy atom. The maximum absolute atomic E-state index is 11.7. The molecule has 0 N–H and O–H groups in total. The van der Waals surface area contributed by atoms with E-state index >= 15 is 0 Å². The van der Waals surface area contributed by atoms with Crippen LogP contribution in [0.3, 0.4) is 0 Å². The number of hydrogen-bond donors (Lipinski definition) is 0. The molecule has 3 saturated carbocycles. The Kier molecular flexibility index (Phi) is 1.44. The minimum atomic E-state index is 0.420. The Morgan fingerprint density at radius 1 is 1.50 bits per heavy atom. The summed E-state index contributed by atoms with van der Waals surface area (Å²) >= 11 is 0. The second-order valence-electron chi connectivity index (χ2n) is 5.83. The van der Waals surface area contributed by atoms with Gasteiger partial charge < -0.3 is 0 Å². The molecule has 2 unspecified atom stereocenters. The van der Waals surface area contributed by atoms with E-state index in [4.69, 9.17) is 0 Å². The first-order valence-corrected chi connectivity index (χ1v) is 5.73. The van der Waals surface area contributed by atoms with Crippen LogP contribution < -0.4 is 0 Å².